The molecule has 2 aromatic carbocycles. The molecule has 0 spiro atoms. The second-order valence-electron chi connectivity index (χ2n) is 3.53. The summed E-state index contributed by atoms with van der Waals surface area (Å²) in [4.78, 5) is 0. The predicted molar refractivity (Wildman–Crippen MR) is 65.0 cm³/mol. The van der Waals surface area contributed by atoms with Crippen LogP contribution in [0.5, 0.6) is 0 Å². The van der Waals surface area contributed by atoms with Crippen molar-refractivity contribution in [1.29, 1.82) is 0 Å². The van der Waals surface area contributed by atoms with Crippen molar-refractivity contribution in [1.82, 2.24) is 4.37 Å². The molecule has 0 fully saturated rings. The van der Waals surface area contributed by atoms with Gasteiger partial charge in [0.2, 0.25) is 0 Å². The van der Waals surface area contributed by atoms with Crippen LogP contribution in [0.3, 0.4) is 0 Å². The van der Waals surface area contributed by atoms with E-state index in [9.17, 15) is 4.39 Å². The first-order valence-electron chi connectivity index (χ1n) is 4.95. The number of benzene rings is 2. The monoisotopic (exact) mass is 229 g/mol. The summed E-state index contributed by atoms with van der Waals surface area (Å²) in [6.07, 6.45) is 0. The van der Waals surface area contributed by atoms with E-state index in [1.165, 1.54) is 23.7 Å². The lowest BCUT2D eigenvalue weighted by atomic mass is 10.1. The Bertz CT molecular complexity index is 628. The number of nitrogens with zero attached hydrogens (tertiary/aromatic N) is 1. The van der Waals surface area contributed by atoms with Crippen molar-refractivity contribution < 1.29 is 4.39 Å². The molecule has 0 amide bonds. The molecule has 1 aromatic heterocycles. The van der Waals surface area contributed by atoms with Crippen molar-refractivity contribution in [3.63, 3.8) is 0 Å². The average molecular weight is 229 g/mol. The van der Waals surface area contributed by atoms with Crippen LogP contribution in [0.15, 0.2) is 48.5 Å². The molecule has 0 N–H and O–H groups in total. The van der Waals surface area contributed by atoms with Crippen LogP contribution in [0.25, 0.3) is 21.3 Å². The highest BCUT2D eigenvalue weighted by Crippen LogP contribution is 2.30. The molecule has 0 aliphatic carbocycles. The number of hydrogen-bond acceptors (Lipinski definition) is 2. The SMILES string of the molecule is Fc1ccc(-c2nsc3ccccc23)cc1. The second kappa shape index (κ2) is 3.68. The van der Waals surface area contributed by atoms with Crippen LogP contribution in [-0.4, -0.2) is 4.37 Å². The van der Waals surface area contributed by atoms with Crippen molar-refractivity contribution in [3.05, 3.63) is 54.3 Å². The van der Waals surface area contributed by atoms with Gasteiger partial charge >= 0.3 is 0 Å². The fourth-order valence-electron chi connectivity index (χ4n) is 1.70. The Hall–Kier alpha value is -1.74. The molecule has 0 aliphatic rings. The second-order valence-corrected chi connectivity index (χ2v) is 4.34. The van der Waals surface area contributed by atoms with Crippen molar-refractivity contribution in [2.24, 2.45) is 0 Å². The third kappa shape index (κ3) is 1.49. The molecule has 3 heteroatoms. The van der Waals surface area contributed by atoms with Gasteiger partial charge < -0.3 is 0 Å². The molecular weight excluding hydrogens is 221 g/mol. The number of halogens is 1. The zero-order chi connectivity index (χ0) is 11.0. The minimum atomic E-state index is -0.219. The summed E-state index contributed by atoms with van der Waals surface area (Å²) in [5.41, 5.74) is 1.89. The fraction of sp³-hybridized carbons (Fsp3) is 0. The third-order valence-corrected chi connectivity index (χ3v) is 3.32. The molecule has 0 aliphatic heterocycles. The largest absolute Gasteiger partial charge is 0.207 e. The third-order valence-electron chi connectivity index (χ3n) is 2.50. The molecular formula is C13H8FNS. The van der Waals surface area contributed by atoms with E-state index in [0.29, 0.717) is 0 Å². The van der Waals surface area contributed by atoms with Gasteiger partial charge in [0.25, 0.3) is 0 Å². The van der Waals surface area contributed by atoms with Crippen LogP contribution in [0.1, 0.15) is 0 Å². The van der Waals surface area contributed by atoms with Crippen molar-refractivity contribution in [3.8, 4) is 11.3 Å². The van der Waals surface area contributed by atoms with E-state index in [4.69, 9.17) is 0 Å². The van der Waals surface area contributed by atoms with E-state index in [1.54, 1.807) is 12.1 Å². The Labute approximate surface area is 96.3 Å². The van der Waals surface area contributed by atoms with E-state index in [2.05, 4.69) is 4.37 Å². The van der Waals surface area contributed by atoms with E-state index in [-0.39, 0.29) is 5.82 Å². The number of aromatic nitrogens is 1. The predicted octanol–water partition coefficient (Wildman–Crippen LogP) is 4.10. The Morgan fingerprint density at radius 1 is 0.938 bits per heavy atom. The molecule has 78 valence electrons. The van der Waals surface area contributed by atoms with Crippen molar-refractivity contribution in [2.45, 2.75) is 0 Å². The van der Waals surface area contributed by atoms with E-state index < -0.39 is 0 Å². The Morgan fingerprint density at radius 2 is 1.69 bits per heavy atom. The van der Waals surface area contributed by atoms with Gasteiger partial charge in [-0.1, -0.05) is 18.2 Å². The lowest BCUT2D eigenvalue weighted by Crippen LogP contribution is -1.78. The van der Waals surface area contributed by atoms with Crippen LogP contribution < -0.4 is 0 Å². The fourth-order valence-corrected chi connectivity index (χ4v) is 2.50. The molecule has 0 saturated heterocycles. The summed E-state index contributed by atoms with van der Waals surface area (Å²) >= 11 is 1.47. The van der Waals surface area contributed by atoms with Crippen LogP contribution >= 0.6 is 11.5 Å². The maximum absolute atomic E-state index is 12.8. The molecule has 1 nitrogen and oxygen atoms in total. The summed E-state index contributed by atoms with van der Waals surface area (Å²) in [6, 6.07) is 14.5. The van der Waals surface area contributed by atoms with Crippen molar-refractivity contribution in [2.75, 3.05) is 0 Å². The summed E-state index contributed by atoms with van der Waals surface area (Å²) in [5, 5.41) is 1.12. The van der Waals surface area contributed by atoms with Crippen LogP contribution in [0, 0.1) is 5.82 Å². The Morgan fingerprint density at radius 3 is 2.50 bits per heavy atom. The lowest BCUT2D eigenvalue weighted by Gasteiger charge is -1.97. The zero-order valence-corrected chi connectivity index (χ0v) is 9.17. The van der Waals surface area contributed by atoms with Gasteiger partial charge in [-0.25, -0.2) is 4.39 Å². The summed E-state index contributed by atoms with van der Waals surface area (Å²) in [5.74, 6) is -0.219. The van der Waals surface area contributed by atoms with E-state index >= 15 is 0 Å². The van der Waals surface area contributed by atoms with Gasteiger partial charge in [0.1, 0.15) is 5.82 Å². The first-order valence-corrected chi connectivity index (χ1v) is 5.72. The highest BCUT2D eigenvalue weighted by molar-refractivity contribution is 7.13. The molecule has 0 bridgehead atoms. The minimum absolute atomic E-state index is 0.219. The summed E-state index contributed by atoms with van der Waals surface area (Å²) in [7, 11) is 0. The molecule has 1 heterocycles. The molecule has 16 heavy (non-hydrogen) atoms. The smallest absolute Gasteiger partial charge is 0.123 e. The van der Waals surface area contributed by atoms with Crippen LogP contribution in [0.4, 0.5) is 4.39 Å². The van der Waals surface area contributed by atoms with Gasteiger partial charge in [0.05, 0.1) is 10.4 Å². The summed E-state index contributed by atoms with van der Waals surface area (Å²) < 4.78 is 18.4. The minimum Gasteiger partial charge on any atom is -0.207 e. The molecule has 0 radical (unpaired) electrons. The molecule has 0 unspecified atom stereocenters. The highest BCUT2D eigenvalue weighted by atomic mass is 32.1. The molecule has 0 saturated carbocycles. The first-order chi connectivity index (χ1) is 7.84. The van der Waals surface area contributed by atoms with Gasteiger partial charge in [-0.2, -0.15) is 4.37 Å². The molecule has 0 atom stereocenters. The number of fused-ring (bicyclic) bond motifs is 1. The maximum atomic E-state index is 12.8. The van der Waals surface area contributed by atoms with Gasteiger partial charge in [0, 0.05) is 10.9 Å². The van der Waals surface area contributed by atoms with Crippen molar-refractivity contribution >= 4 is 21.6 Å². The van der Waals surface area contributed by atoms with Gasteiger partial charge in [-0.15, -0.1) is 0 Å². The Balaban J connectivity index is 2.22. The number of rotatable bonds is 1. The van der Waals surface area contributed by atoms with Gasteiger partial charge in [-0.3, -0.25) is 0 Å². The quantitative estimate of drug-likeness (QED) is 0.612. The van der Waals surface area contributed by atoms with E-state index in [0.717, 1.165) is 21.3 Å². The van der Waals surface area contributed by atoms with Crippen LogP contribution in [-0.2, 0) is 0 Å². The van der Waals surface area contributed by atoms with E-state index in [1.807, 2.05) is 24.3 Å². The average Bonchev–Trinajstić information content (AvgIpc) is 2.74. The molecule has 3 aromatic rings. The van der Waals surface area contributed by atoms with Gasteiger partial charge in [0.15, 0.2) is 0 Å². The zero-order valence-electron chi connectivity index (χ0n) is 8.35. The lowest BCUT2D eigenvalue weighted by molar-refractivity contribution is 0.628. The maximum Gasteiger partial charge on any atom is 0.123 e. The summed E-state index contributed by atoms with van der Waals surface area (Å²) in [6.45, 7) is 0. The van der Waals surface area contributed by atoms with Gasteiger partial charge in [-0.05, 0) is 41.9 Å². The normalized spacial score (nSPS) is 10.8. The number of hydrogen-bond donors (Lipinski definition) is 0. The van der Waals surface area contributed by atoms with Crippen LogP contribution in [0.2, 0.25) is 0 Å². The topological polar surface area (TPSA) is 12.9 Å². The highest BCUT2D eigenvalue weighted by Gasteiger charge is 2.07. The Kier molecular flexibility index (Phi) is 2.18. The first kappa shape index (κ1) is 9.48. The molecule has 3 rings (SSSR count). The standard InChI is InChI=1S/C13H8FNS/c14-10-7-5-9(6-8-10)13-11-3-1-2-4-12(11)16-15-13/h1-8H.